The number of nitrogens with one attached hydrogen (secondary N) is 2. The number of hydrogen-bond acceptors (Lipinski definition) is 4. The average molecular weight is 403 g/mol. The van der Waals surface area contributed by atoms with Crippen LogP contribution < -0.4 is 10.6 Å². The van der Waals surface area contributed by atoms with Crippen molar-refractivity contribution >= 4 is 29.2 Å². The van der Waals surface area contributed by atoms with Gasteiger partial charge in [0.05, 0.1) is 6.04 Å². The zero-order chi connectivity index (χ0) is 20.3. The van der Waals surface area contributed by atoms with Gasteiger partial charge in [0, 0.05) is 4.88 Å². The number of halogens is 1. The van der Waals surface area contributed by atoms with Gasteiger partial charge in [-0.1, -0.05) is 32.0 Å². The molecule has 8 heteroatoms. The summed E-state index contributed by atoms with van der Waals surface area (Å²) in [6, 6.07) is 8.55. The van der Waals surface area contributed by atoms with Crippen LogP contribution >= 0.6 is 11.3 Å². The van der Waals surface area contributed by atoms with Crippen molar-refractivity contribution in [1.29, 1.82) is 0 Å². The van der Waals surface area contributed by atoms with Crippen molar-refractivity contribution in [2.45, 2.75) is 38.3 Å². The number of urea groups is 1. The molecule has 1 atom stereocenters. The number of amides is 4. The van der Waals surface area contributed by atoms with Crippen molar-refractivity contribution in [2.24, 2.45) is 0 Å². The number of benzene rings is 1. The Kier molecular flexibility index (Phi) is 5.79. The Morgan fingerprint density at radius 3 is 2.43 bits per heavy atom. The van der Waals surface area contributed by atoms with Crippen LogP contribution in [0.4, 0.5) is 9.18 Å². The van der Waals surface area contributed by atoms with E-state index in [0.29, 0.717) is 18.4 Å². The normalized spacial score (nSPS) is 16.8. The highest BCUT2D eigenvalue weighted by molar-refractivity contribution is 7.10. The van der Waals surface area contributed by atoms with Gasteiger partial charge in [0.15, 0.2) is 0 Å². The second-order valence-electron chi connectivity index (χ2n) is 6.68. The van der Waals surface area contributed by atoms with Gasteiger partial charge in [0.1, 0.15) is 17.9 Å². The highest BCUT2D eigenvalue weighted by atomic mass is 32.1. The molecule has 1 saturated heterocycles. The number of rotatable bonds is 7. The van der Waals surface area contributed by atoms with E-state index in [1.165, 1.54) is 23.5 Å². The zero-order valence-electron chi connectivity index (χ0n) is 15.7. The molecule has 28 heavy (non-hydrogen) atoms. The Bertz CT molecular complexity index is 863. The largest absolute Gasteiger partial charge is 0.343 e. The number of imide groups is 1. The lowest BCUT2D eigenvalue weighted by Crippen LogP contribution is -2.46. The summed E-state index contributed by atoms with van der Waals surface area (Å²) in [6.07, 6.45) is 0.916. The smallest absolute Gasteiger partial charge is 0.325 e. The van der Waals surface area contributed by atoms with Gasteiger partial charge in [-0.25, -0.2) is 9.18 Å². The Morgan fingerprint density at radius 2 is 1.89 bits per heavy atom. The summed E-state index contributed by atoms with van der Waals surface area (Å²) in [5.74, 6) is -1.21. The molecular formula is C20H22FN3O3S. The Labute approximate surface area is 166 Å². The number of thiophene rings is 1. The van der Waals surface area contributed by atoms with E-state index in [1.54, 1.807) is 12.1 Å². The van der Waals surface area contributed by atoms with Crippen LogP contribution in [0.15, 0.2) is 41.8 Å². The summed E-state index contributed by atoms with van der Waals surface area (Å²) < 4.78 is 13.3. The predicted molar refractivity (Wildman–Crippen MR) is 104 cm³/mol. The van der Waals surface area contributed by atoms with Gasteiger partial charge in [0.2, 0.25) is 5.91 Å². The molecule has 0 bridgehead atoms. The molecular weight excluding hydrogens is 381 g/mol. The molecule has 1 aliphatic rings. The lowest BCUT2D eigenvalue weighted by molar-refractivity contribution is -0.135. The molecule has 148 valence electrons. The molecule has 1 aliphatic heterocycles. The number of carbonyl (C=O) groups is 3. The first-order valence-electron chi connectivity index (χ1n) is 9.12. The quantitative estimate of drug-likeness (QED) is 0.697. The second-order valence-corrected chi connectivity index (χ2v) is 7.66. The molecule has 0 radical (unpaired) electrons. The van der Waals surface area contributed by atoms with Gasteiger partial charge in [0.25, 0.3) is 5.91 Å². The fourth-order valence-electron chi connectivity index (χ4n) is 3.33. The summed E-state index contributed by atoms with van der Waals surface area (Å²) >= 11 is 1.45. The third kappa shape index (κ3) is 3.77. The molecule has 0 saturated carbocycles. The van der Waals surface area contributed by atoms with Crippen LogP contribution in [0.1, 0.15) is 43.2 Å². The van der Waals surface area contributed by atoms with Crippen molar-refractivity contribution in [1.82, 2.24) is 15.5 Å². The van der Waals surface area contributed by atoms with Gasteiger partial charge in [-0.2, -0.15) is 0 Å². The molecule has 2 aromatic rings. The SMILES string of the molecule is CCC1(CC)NC(=O)N(CC(=O)NC(c2ccc(F)cc2)c2cccs2)C1=O. The topological polar surface area (TPSA) is 78.5 Å². The minimum Gasteiger partial charge on any atom is -0.343 e. The summed E-state index contributed by atoms with van der Waals surface area (Å²) in [7, 11) is 0. The Hall–Kier alpha value is -2.74. The van der Waals surface area contributed by atoms with E-state index in [1.807, 2.05) is 31.4 Å². The van der Waals surface area contributed by atoms with E-state index in [2.05, 4.69) is 10.6 Å². The highest BCUT2D eigenvalue weighted by Crippen LogP contribution is 2.27. The van der Waals surface area contributed by atoms with Crippen LogP contribution in [-0.2, 0) is 9.59 Å². The molecule has 1 unspecified atom stereocenters. The molecule has 3 rings (SSSR count). The molecule has 6 nitrogen and oxygen atoms in total. The van der Waals surface area contributed by atoms with E-state index in [9.17, 15) is 18.8 Å². The minimum atomic E-state index is -0.943. The zero-order valence-corrected chi connectivity index (χ0v) is 16.5. The summed E-state index contributed by atoms with van der Waals surface area (Å²) in [5, 5.41) is 7.45. The molecule has 1 aromatic carbocycles. The van der Waals surface area contributed by atoms with Crippen molar-refractivity contribution < 1.29 is 18.8 Å². The van der Waals surface area contributed by atoms with Gasteiger partial charge in [-0.05, 0) is 42.0 Å². The van der Waals surface area contributed by atoms with Crippen LogP contribution in [0.5, 0.6) is 0 Å². The van der Waals surface area contributed by atoms with Crippen LogP contribution in [0.25, 0.3) is 0 Å². The predicted octanol–water partition coefficient (Wildman–Crippen LogP) is 3.20. The molecule has 4 amide bonds. The van der Waals surface area contributed by atoms with E-state index >= 15 is 0 Å². The van der Waals surface area contributed by atoms with Crippen LogP contribution in [-0.4, -0.2) is 34.8 Å². The van der Waals surface area contributed by atoms with Crippen molar-refractivity contribution in [2.75, 3.05) is 6.54 Å². The second kappa shape index (κ2) is 8.10. The molecule has 0 spiro atoms. The third-order valence-electron chi connectivity index (χ3n) is 5.09. The number of hydrogen-bond donors (Lipinski definition) is 2. The fourth-order valence-corrected chi connectivity index (χ4v) is 4.13. The first kappa shape index (κ1) is 20.0. The van der Waals surface area contributed by atoms with E-state index in [0.717, 1.165) is 9.78 Å². The molecule has 1 aromatic heterocycles. The standard InChI is InChI=1S/C20H22FN3O3S/c1-3-20(4-2)18(26)24(19(27)23-20)12-16(25)22-17(15-6-5-11-28-15)13-7-9-14(21)10-8-13/h5-11,17H,3-4,12H2,1-2H3,(H,22,25)(H,23,27). The summed E-state index contributed by atoms with van der Waals surface area (Å²) in [4.78, 5) is 39.4. The highest BCUT2D eigenvalue weighted by Gasteiger charge is 2.49. The van der Waals surface area contributed by atoms with Crippen molar-refractivity contribution in [3.8, 4) is 0 Å². The first-order valence-corrected chi connectivity index (χ1v) is 10.0. The Balaban J connectivity index is 1.77. The maximum Gasteiger partial charge on any atom is 0.325 e. The molecule has 0 aliphatic carbocycles. The Morgan fingerprint density at radius 1 is 1.21 bits per heavy atom. The maximum absolute atomic E-state index is 13.3. The van der Waals surface area contributed by atoms with Crippen LogP contribution in [0.2, 0.25) is 0 Å². The monoisotopic (exact) mass is 403 g/mol. The lowest BCUT2D eigenvalue weighted by Gasteiger charge is -2.23. The minimum absolute atomic E-state index is 0.366. The van der Waals surface area contributed by atoms with Crippen LogP contribution in [0.3, 0.4) is 0 Å². The van der Waals surface area contributed by atoms with Crippen molar-refractivity contribution in [3.05, 3.63) is 58.0 Å². The molecule has 1 fully saturated rings. The average Bonchev–Trinajstić information content (AvgIpc) is 3.30. The fraction of sp³-hybridized carbons (Fsp3) is 0.350. The summed E-state index contributed by atoms with van der Waals surface area (Å²) in [6.45, 7) is 3.29. The molecule has 2 heterocycles. The maximum atomic E-state index is 13.3. The number of nitrogens with zero attached hydrogens (tertiary/aromatic N) is 1. The van der Waals surface area contributed by atoms with E-state index < -0.39 is 23.5 Å². The van der Waals surface area contributed by atoms with Gasteiger partial charge in [-0.15, -0.1) is 11.3 Å². The van der Waals surface area contributed by atoms with E-state index in [4.69, 9.17) is 0 Å². The number of carbonyl (C=O) groups excluding carboxylic acids is 3. The van der Waals surface area contributed by atoms with Gasteiger partial charge in [-0.3, -0.25) is 14.5 Å². The van der Waals surface area contributed by atoms with Crippen LogP contribution in [0, 0.1) is 5.82 Å². The lowest BCUT2D eigenvalue weighted by atomic mass is 9.93. The summed E-state index contributed by atoms with van der Waals surface area (Å²) in [5.41, 5.74) is -0.229. The van der Waals surface area contributed by atoms with Gasteiger partial charge >= 0.3 is 6.03 Å². The van der Waals surface area contributed by atoms with E-state index in [-0.39, 0.29) is 18.3 Å². The molecule has 2 N–H and O–H groups in total. The van der Waals surface area contributed by atoms with Crippen molar-refractivity contribution in [3.63, 3.8) is 0 Å². The first-order chi connectivity index (χ1) is 13.4. The third-order valence-corrected chi connectivity index (χ3v) is 6.03. The van der Waals surface area contributed by atoms with Gasteiger partial charge < -0.3 is 10.6 Å².